The molecule has 3 N–H and O–H groups in total. The van der Waals surface area contributed by atoms with E-state index < -0.39 is 18.0 Å². The number of unbranched alkanes of at least 4 members (excludes halogenated alkanes) is 9. The Balaban J connectivity index is 2.30. The van der Waals surface area contributed by atoms with Crippen molar-refractivity contribution in [2.75, 3.05) is 0 Å². The largest absolute Gasteiger partial charge is 0.479 e. The maximum atomic E-state index is 11.6. The molecule has 1 atom stereocenters. The zero-order chi connectivity index (χ0) is 20.1. The van der Waals surface area contributed by atoms with Crippen LogP contribution in [0.15, 0.2) is 18.2 Å². The van der Waals surface area contributed by atoms with Crippen LogP contribution in [0.3, 0.4) is 0 Å². The molecule has 1 amide bonds. The van der Waals surface area contributed by atoms with E-state index >= 15 is 0 Å². The quantitative estimate of drug-likeness (QED) is 0.378. The van der Waals surface area contributed by atoms with Crippen LogP contribution in [0.1, 0.15) is 87.9 Å². The molecule has 1 aromatic rings. The van der Waals surface area contributed by atoms with Gasteiger partial charge in [-0.25, -0.2) is 4.79 Å². The molecule has 0 aliphatic heterocycles. The zero-order valence-electron chi connectivity index (χ0n) is 16.2. The summed E-state index contributed by atoms with van der Waals surface area (Å²) in [7, 11) is 0. The molecule has 0 fully saturated rings. The lowest BCUT2D eigenvalue weighted by Crippen LogP contribution is -2.33. The average molecular weight is 398 g/mol. The third kappa shape index (κ3) is 9.66. The molecule has 0 aromatic heterocycles. The van der Waals surface area contributed by atoms with Crippen molar-refractivity contribution in [1.29, 1.82) is 0 Å². The molecule has 0 aliphatic carbocycles. The van der Waals surface area contributed by atoms with Gasteiger partial charge in [-0.1, -0.05) is 76.3 Å². The van der Waals surface area contributed by atoms with Crippen LogP contribution in [0.25, 0.3) is 0 Å². The fraction of sp³-hybridized carbons (Fsp3) is 0.619. The summed E-state index contributed by atoms with van der Waals surface area (Å²) >= 11 is 6.05. The molecule has 0 aliphatic rings. The summed E-state index contributed by atoms with van der Waals surface area (Å²) < 4.78 is 5.62. The van der Waals surface area contributed by atoms with E-state index in [0.29, 0.717) is 6.42 Å². The molecule has 27 heavy (non-hydrogen) atoms. The molecule has 6 heteroatoms. The normalized spacial score (nSPS) is 11.9. The van der Waals surface area contributed by atoms with Gasteiger partial charge in [0.1, 0.15) is 5.75 Å². The first kappa shape index (κ1) is 23.3. The summed E-state index contributed by atoms with van der Waals surface area (Å²) in [5.74, 6) is -1.33. The van der Waals surface area contributed by atoms with Crippen molar-refractivity contribution >= 4 is 23.5 Å². The Bertz CT molecular complexity index is 592. The molecule has 0 heterocycles. The van der Waals surface area contributed by atoms with E-state index in [9.17, 15) is 9.59 Å². The molecule has 0 radical (unpaired) electrons. The summed E-state index contributed by atoms with van der Waals surface area (Å²) in [6.07, 6.45) is 11.9. The number of benzene rings is 1. The van der Waals surface area contributed by atoms with Gasteiger partial charge in [0.15, 0.2) is 6.10 Å². The summed E-state index contributed by atoms with van der Waals surface area (Å²) in [5.41, 5.74) is 5.50. The molecular formula is C21H32ClNO4. The standard InChI is InChI=1S/C21H32ClNO4/c1-2-3-4-5-6-7-8-9-10-11-12-19(20(23)24)27-18-14-13-16(21(25)26)15-17(18)22/h13-15,19H,2-12H2,1H3,(H2,23,24)(H,25,26). The second-order valence-corrected chi connectivity index (χ2v) is 7.34. The van der Waals surface area contributed by atoms with E-state index in [1.807, 2.05) is 0 Å². The number of ether oxygens (including phenoxy) is 1. The first-order valence-electron chi connectivity index (χ1n) is 9.94. The number of carboxylic acids is 1. The lowest BCUT2D eigenvalue weighted by atomic mass is 10.0. The summed E-state index contributed by atoms with van der Waals surface area (Å²) in [6, 6.07) is 4.15. The van der Waals surface area contributed by atoms with Crippen molar-refractivity contribution in [3.8, 4) is 5.75 Å². The highest BCUT2D eigenvalue weighted by Gasteiger charge is 2.19. The van der Waals surface area contributed by atoms with E-state index in [1.54, 1.807) is 0 Å². The van der Waals surface area contributed by atoms with E-state index in [1.165, 1.54) is 63.1 Å². The fourth-order valence-electron chi connectivity index (χ4n) is 2.96. The summed E-state index contributed by atoms with van der Waals surface area (Å²) in [5, 5.41) is 9.11. The van der Waals surface area contributed by atoms with E-state index in [0.717, 1.165) is 19.3 Å². The van der Waals surface area contributed by atoms with Crippen LogP contribution in [0.4, 0.5) is 0 Å². The number of rotatable bonds is 15. The van der Waals surface area contributed by atoms with Gasteiger partial charge in [0.2, 0.25) is 0 Å². The Kier molecular flexibility index (Phi) is 11.6. The number of nitrogens with two attached hydrogens (primary N) is 1. The molecule has 0 saturated carbocycles. The van der Waals surface area contributed by atoms with Crippen molar-refractivity contribution < 1.29 is 19.4 Å². The van der Waals surface area contributed by atoms with E-state index in [-0.39, 0.29) is 16.3 Å². The highest BCUT2D eigenvalue weighted by Crippen LogP contribution is 2.27. The average Bonchev–Trinajstić information content (AvgIpc) is 2.63. The first-order chi connectivity index (χ1) is 13.0. The number of aromatic carboxylic acids is 1. The number of carbonyl (C=O) groups excluding carboxylic acids is 1. The van der Waals surface area contributed by atoms with Crippen molar-refractivity contribution in [2.24, 2.45) is 5.73 Å². The van der Waals surface area contributed by atoms with Gasteiger partial charge < -0.3 is 15.6 Å². The Morgan fingerprint density at radius 3 is 2.07 bits per heavy atom. The molecule has 0 bridgehead atoms. The Labute approximate surface area is 167 Å². The molecule has 1 unspecified atom stereocenters. The molecule has 0 saturated heterocycles. The number of hydrogen-bond donors (Lipinski definition) is 2. The van der Waals surface area contributed by atoms with Crippen LogP contribution >= 0.6 is 11.6 Å². The van der Waals surface area contributed by atoms with Gasteiger partial charge in [-0.3, -0.25) is 4.79 Å². The number of carboxylic acid groups (broad SMARTS) is 1. The maximum Gasteiger partial charge on any atom is 0.335 e. The number of hydrogen-bond acceptors (Lipinski definition) is 3. The van der Waals surface area contributed by atoms with Crippen LogP contribution in [0, 0.1) is 0 Å². The van der Waals surface area contributed by atoms with Gasteiger partial charge in [-0.15, -0.1) is 0 Å². The second-order valence-electron chi connectivity index (χ2n) is 6.93. The fourth-order valence-corrected chi connectivity index (χ4v) is 3.18. The maximum absolute atomic E-state index is 11.6. The van der Waals surface area contributed by atoms with Gasteiger partial charge >= 0.3 is 5.97 Å². The van der Waals surface area contributed by atoms with Gasteiger partial charge in [-0.2, -0.15) is 0 Å². The minimum atomic E-state index is -1.07. The smallest absolute Gasteiger partial charge is 0.335 e. The number of halogens is 1. The van der Waals surface area contributed by atoms with Crippen LogP contribution in [0.5, 0.6) is 5.75 Å². The second kappa shape index (κ2) is 13.4. The topological polar surface area (TPSA) is 89.6 Å². The van der Waals surface area contributed by atoms with Gasteiger partial charge in [0.05, 0.1) is 10.6 Å². The van der Waals surface area contributed by atoms with Crippen molar-refractivity contribution in [3.63, 3.8) is 0 Å². The van der Waals surface area contributed by atoms with Crippen molar-refractivity contribution in [1.82, 2.24) is 0 Å². The Morgan fingerprint density at radius 2 is 1.59 bits per heavy atom. The van der Waals surface area contributed by atoms with Gasteiger partial charge in [0.25, 0.3) is 5.91 Å². The molecule has 0 spiro atoms. The number of carbonyl (C=O) groups is 2. The molecule has 152 valence electrons. The molecule has 1 rings (SSSR count). The minimum Gasteiger partial charge on any atom is -0.479 e. The third-order valence-corrected chi connectivity index (χ3v) is 4.88. The van der Waals surface area contributed by atoms with E-state index in [4.69, 9.17) is 27.2 Å². The monoisotopic (exact) mass is 397 g/mol. The Hall–Kier alpha value is -1.75. The first-order valence-corrected chi connectivity index (χ1v) is 10.3. The van der Waals surface area contributed by atoms with Crippen molar-refractivity contribution in [2.45, 2.75) is 83.7 Å². The SMILES string of the molecule is CCCCCCCCCCCCC(Oc1ccc(C(=O)O)cc1Cl)C(N)=O. The van der Waals surface area contributed by atoms with Crippen LogP contribution in [-0.2, 0) is 4.79 Å². The van der Waals surface area contributed by atoms with Crippen LogP contribution < -0.4 is 10.5 Å². The minimum absolute atomic E-state index is 0.0673. The van der Waals surface area contributed by atoms with Crippen LogP contribution in [-0.4, -0.2) is 23.1 Å². The Morgan fingerprint density at radius 1 is 1.04 bits per heavy atom. The van der Waals surface area contributed by atoms with Gasteiger partial charge in [0, 0.05) is 0 Å². The summed E-state index contributed by atoms with van der Waals surface area (Å²) in [6.45, 7) is 2.22. The van der Waals surface area contributed by atoms with Crippen LogP contribution in [0.2, 0.25) is 5.02 Å². The highest BCUT2D eigenvalue weighted by atomic mass is 35.5. The number of primary amides is 1. The lowest BCUT2D eigenvalue weighted by molar-refractivity contribution is -0.125. The summed E-state index contributed by atoms with van der Waals surface area (Å²) in [4.78, 5) is 22.6. The predicted molar refractivity (Wildman–Crippen MR) is 108 cm³/mol. The van der Waals surface area contributed by atoms with Gasteiger partial charge in [-0.05, 0) is 31.0 Å². The predicted octanol–water partition coefficient (Wildman–Crippen LogP) is 5.58. The lowest BCUT2D eigenvalue weighted by Gasteiger charge is -2.17. The molecular weight excluding hydrogens is 366 g/mol. The third-order valence-electron chi connectivity index (χ3n) is 4.59. The van der Waals surface area contributed by atoms with Crippen molar-refractivity contribution in [3.05, 3.63) is 28.8 Å². The zero-order valence-corrected chi connectivity index (χ0v) is 17.0. The highest BCUT2D eigenvalue weighted by molar-refractivity contribution is 6.32. The van der Waals surface area contributed by atoms with E-state index in [2.05, 4.69) is 6.92 Å². The number of amides is 1. The molecule has 5 nitrogen and oxygen atoms in total. The molecule has 1 aromatic carbocycles.